The first-order chi connectivity index (χ1) is 21.3. The number of halogens is 1. The third-order valence-corrected chi connectivity index (χ3v) is 10.5. The molecule has 0 bridgehead atoms. The third-order valence-electron chi connectivity index (χ3n) is 7.53. The standard InChI is InChI=1S/C34H66N3O5S2.ClH/c1-5-6-7-8-9-10-11-12-13-14-15-16-17-18-19-20-25-41-31-33(42-34-35-22-21-23-36-34)32-44(39)30-29-43(38)28-27-40-26-24-37(2,3)4;/h21-23,33H,5-20,24-32H2,1-4H3;1H/q+1;/p-1. The van der Waals surface area contributed by atoms with Gasteiger partial charge in [0.2, 0.25) is 0 Å². The van der Waals surface area contributed by atoms with Crippen molar-refractivity contribution in [2.75, 3.05) is 77.1 Å². The van der Waals surface area contributed by atoms with Gasteiger partial charge in [0.05, 0.1) is 41.0 Å². The lowest BCUT2D eigenvalue weighted by Gasteiger charge is -2.23. The summed E-state index contributed by atoms with van der Waals surface area (Å²) < 4.78 is 43.4. The van der Waals surface area contributed by atoms with Crippen LogP contribution in [-0.4, -0.2) is 107 Å². The summed E-state index contributed by atoms with van der Waals surface area (Å²) >= 11 is -2.24. The van der Waals surface area contributed by atoms with Crippen molar-refractivity contribution in [3.8, 4) is 6.01 Å². The lowest BCUT2D eigenvalue weighted by Crippen LogP contribution is -3.00. The zero-order valence-corrected chi connectivity index (χ0v) is 31.5. The average Bonchev–Trinajstić information content (AvgIpc) is 2.99. The van der Waals surface area contributed by atoms with Crippen LogP contribution in [0.2, 0.25) is 0 Å². The van der Waals surface area contributed by atoms with Gasteiger partial charge in [-0.25, -0.2) is 9.97 Å². The molecule has 1 rings (SSSR count). The predicted molar refractivity (Wildman–Crippen MR) is 186 cm³/mol. The Hall–Kier alpha value is -0.330. The highest BCUT2D eigenvalue weighted by molar-refractivity contribution is 7.95. The Morgan fingerprint density at radius 3 is 1.71 bits per heavy atom. The number of nitrogens with zero attached hydrogens (tertiary/aromatic N) is 3. The van der Waals surface area contributed by atoms with Crippen molar-refractivity contribution in [3.63, 3.8) is 0 Å². The number of likely N-dealkylation sites (N-methyl/N-ethyl adjacent to an activating group) is 1. The largest absolute Gasteiger partial charge is 1.00 e. The first kappa shape index (κ1) is 44.7. The maximum absolute atomic E-state index is 12.8. The van der Waals surface area contributed by atoms with Gasteiger partial charge in [0.15, 0.2) is 6.10 Å². The Balaban J connectivity index is 0.0000194. The molecule has 1 heterocycles. The second-order valence-corrected chi connectivity index (χ2v) is 16.3. The first-order valence-corrected chi connectivity index (χ1v) is 20.4. The summed E-state index contributed by atoms with van der Waals surface area (Å²) in [7, 11) is 6.35. The molecule has 0 saturated carbocycles. The van der Waals surface area contributed by atoms with E-state index in [-0.39, 0.29) is 18.4 Å². The van der Waals surface area contributed by atoms with Gasteiger partial charge in [0.1, 0.15) is 29.6 Å². The molecule has 1 aromatic rings. The Bertz CT molecular complexity index is 752. The summed E-state index contributed by atoms with van der Waals surface area (Å²) in [6.45, 7) is 5.30. The van der Waals surface area contributed by atoms with E-state index in [1.807, 2.05) is 0 Å². The molecule has 0 aromatic carbocycles. The van der Waals surface area contributed by atoms with E-state index in [1.54, 1.807) is 18.5 Å². The highest BCUT2D eigenvalue weighted by Crippen LogP contribution is 2.14. The third kappa shape index (κ3) is 30.7. The molecule has 0 aliphatic carbocycles. The van der Waals surface area contributed by atoms with Crippen LogP contribution in [0.3, 0.4) is 0 Å². The lowest BCUT2D eigenvalue weighted by molar-refractivity contribution is -0.870. The Morgan fingerprint density at radius 2 is 1.18 bits per heavy atom. The molecule has 3 unspecified atom stereocenters. The molecule has 266 valence electrons. The summed E-state index contributed by atoms with van der Waals surface area (Å²) in [6, 6.07) is 1.99. The molecule has 0 fully saturated rings. The maximum atomic E-state index is 12.8. The molecule has 0 aliphatic rings. The Labute approximate surface area is 288 Å². The van der Waals surface area contributed by atoms with E-state index < -0.39 is 28.5 Å². The molecule has 0 amide bonds. The molecule has 8 nitrogen and oxygen atoms in total. The van der Waals surface area contributed by atoms with Gasteiger partial charge in [-0.05, 0) is 34.8 Å². The number of aromatic nitrogens is 2. The number of hydrogen-bond acceptors (Lipinski definition) is 7. The van der Waals surface area contributed by atoms with E-state index in [2.05, 4.69) is 38.0 Å². The number of quaternary nitrogens is 1. The van der Waals surface area contributed by atoms with Crippen LogP contribution in [0.25, 0.3) is 0 Å². The van der Waals surface area contributed by atoms with Crippen LogP contribution in [-0.2, 0) is 31.8 Å². The fourth-order valence-corrected chi connectivity index (χ4v) is 7.49. The van der Waals surface area contributed by atoms with Gasteiger partial charge in [-0.15, -0.1) is 0 Å². The minimum Gasteiger partial charge on any atom is -1.00 e. The summed E-state index contributed by atoms with van der Waals surface area (Å²) in [6.07, 6.45) is 24.3. The number of rotatable bonds is 32. The van der Waals surface area contributed by atoms with Crippen molar-refractivity contribution in [1.29, 1.82) is 0 Å². The van der Waals surface area contributed by atoms with Crippen LogP contribution < -0.4 is 17.1 Å². The predicted octanol–water partition coefficient (Wildman–Crippen LogP) is 3.73. The van der Waals surface area contributed by atoms with E-state index in [1.165, 1.54) is 96.3 Å². The zero-order valence-electron chi connectivity index (χ0n) is 29.1. The first-order valence-electron chi connectivity index (χ1n) is 17.4. The maximum Gasteiger partial charge on any atom is 0.316 e. The van der Waals surface area contributed by atoms with Crippen LogP contribution in [0.1, 0.15) is 110 Å². The highest BCUT2D eigenvalue weighted by atomic mass is 35.5. The second kappa shape index (κ2) is 31.0. The summed E-state index contributed by atoms with van der Waals surface area (Å²) in [4.78, 5) is 8.28. The van der Waals surface area contributed by atoms with Crippen LogP contribution in [0.15, 0.2) is 18.5 Å². The summed E-state index contributed by atoms with van der Waals surface area (Å²) in [5, 5.41) is 0. The lowest BCUT2D eigenvalue weighted by atomic mass is 10.0. The monoisotopic (exact) mass is 695 g/mol. The van der Waals surface area contributed by atoms with Crippen molar-refractivity contribution in [2.24, 2.45) is 0 Å². The van der Waals surface area contributed by atoms with Gasteiger partial charge in [-0.3, -0.25) is 0 Å². The van der Waals surface area contributed by atoms with Gasteiger partial charge >= 0.3 is 6.01 Å². The summed E-state index contributed by atoms with van der Waals surface area (Å²) in [5.74, 6) is 1.52. The second-order valence-electron chi connectivity index (χ2n) is 12.9. The molecular weight excluding hydrogens is 630 g/mol. The zero-order chi connectivity index (χ0) is 32.1. The minimum absolute atomic E-state index is 0. The molecule has 1 aromatic heterocycles. The van der Waals surface area contributed by atoms with Crippen molar-refractivity contribution < 1.29 is 40.2 Å². The van der Waals surface area contributed by atoms with Gasteiger partial charge in [0, 0.05) is 19.0 Å². The molecule has 0 radical (unpaired) electrons. The van der Waals surface area contributed by atoms with E-state index in [0.29, 0.717) is 49.4 Å². The van der Waals surface area contributed by atoms with E-state index in [4.69, 9.17) is 14.2 Å². The van der Waals surface area contributed by atoms with Crippen molar-refractivity contribution in [2.45, 2.75) is 116 Å². The molecule has 0 N–H and O–H groups in total. The van der Waals surface area contributed by atoms with Crippen molar-refractivity contribution >= 4 is 22.4 Å². The van der Waals surface area contributed by atoms with E-state index in [9.17, 15) is 9.11 Å². The normalized spacial score (nSPS) is 13.7. The summed E-state index contributed by atoms with van der Waals surface area (Å²) in [5.41, 5.74) is 0. The van der Waals surface area contributed by atoms with Crippen LogP contribution in [0.5, 0.6) is 6.01 Å². The number of hydrogen-bond donors (Lipinski definition) is 0. The van der Waals surface area contributed by atoms with Gasteiger partial charge in [-0.2, -0.15) is 0 Å². The molecule has 0 aliphatic heterocycles. The van der Waals surface area contributed by atoms with Crippen LogP contribution in [0, 0.1) is 0 Å². The molecular formula is C34H66ClN3O5S2. The number of ether oxygens (including phenoxy) is 3. The smallest absolute Gasteiger partial charge is 0.316 e. The Kier molecular flexibility index (Phi) is 30.7. The molecule has 11 heteroatoms. The Morgan fingerprint density at radius 1 is 0.667 bits per heavy atom. The fourth-order valence-electron chi connectivity index (χ4n) is 4.75. The topological polar surface area (TPSA) is 99.6 Å². The fraction of sp³-hybridized carbons (Fsp3) is 0.882. The van der Waals surface area contributed by atoms with Crippen LogP contribution in [0.4, 0.5) is 0 Å². The van der Waals surface area contributed by atoms with Gasteiger partial charge in [-0.1, -0.05) is 103 Å². The average molecular weight is 697 g/mol. The SMILES string of the molecule is CCCCCCCCCCCCCCCCCCOCC(C[S+]([O-])CC[S+]([O-])CCOCC[N+](C)(C)C)Oc1ncccn1.[Cl-]. The van der Waals surface area contributed by atoms with Gasteiger partial charge in [0.25, 0.3) is 0 Å². The van der Waals surface area contributed by atoms with Gasteiger partial charge < -0.3 is 40.2 Å². The van der Waals surface area contributed by atoms with E-state index in [0.717, 1.165) is 17.4 Å². The quantitative estimate of drug-likeness (QED) is 0.0644. The van der Waals surface area contributed by atoms with E-state index >= 15 is 0 Å². The molecule has 0 spiro atoms. The van der Waals surface area contributed by atoms with Crippen LogP contribution >= 0.6 is 0 Å². The molecule has 0 saturated heterocycles. The highest BCUT2D eigenvalue weighted by Gasteiger charge is 2.22. The molecule has 45 heavy (non-hydrogen) atoms. The van der Waals surface area contributed by atoms with Crippen molar-refractivity contribution in [1.82, 2.24) is 9.97 Å². The van der Waals surface area contributed by atoms with Crippen molar-refractivity contribution in [3.05, 3.63) is 18.5 Å². The molecule has 3 atom stereocenters. The number of unbranched alkanes of at least 4 members (excludes halogenated alkanes) is 15. The minimum atomic E-state index is -1.18.